The molecule has 0 bridgehead atoms. The third-order valence-electron chi connectivity index (χ3n) is 11.3. The molecule has 0 saturated carbocycles. The van der Waals surface area contributed by atoms with Gasteiger partial charge in [0.2, 0.25) is 0 Å². The quantitative estimate of drug-likeness (QED) is 0.0730. The molecule has 1 aromatic heterocycles. The zero-order valence-electron chi connectivity index (χ0n) is 35.4. The van der Waals surface area contributed by atoms with E-state index in [1.807, 2.05) is 47.8 Å². The molecule has 57 heavy (non-hydrogen) atoms. The summed E-state index contributed by atoms with van der Waals surface area (Å²) in [6.07, 6.45) is 15.6. The number of imidazole rings is 1. The minimum absolute atomic E-state index is 0.0289. The average molecular weight is 769 g/mol. The van der Waals surface area contributed by atoms with Gasteiger partial charge in [-0.05, 0) is 102 Å². The molecule has 4 aromatic carbocycles. The Bertz CT molecular complexity index is 1960. The first-order chi connectivity index (χ1) is 27.7. The number of hydrogen-bond acceptors (Lipinski definition) is 2. The largest absolute Gasteiger partial charge is 0.347 e. The third-order valence-corrected chi connectivity index (χ3v) is 11.3. The summed E-state index contributed by atoms with van der Waals surface area (Å²) in [5.74, 6) is 1.54. The molecule has 7 heteroatoms. The van der Waals surface area contributed by atoms with Crippen LogP contribution < -0.4 is 15.2 Å². The Hall–Kier alpha value is -5.17. The molecule has 7 nitrogen and oxygen atoms in total. The van der Waals surface area contributed by atoms with Crippen LogP contribution in [0.3, 0.4) is 0 Å². The van der Waals surface area contributed by atoms with E-state index in [1.165, 1.54) is 71.9 Å². The zero-order chi connectivity index (χ0) is 40.6. The summed E-state index contributed by atoms with van der Waals surface area (Å²) in [7, 11) is 3.74. The number of nitrogens with one attached hydrogen (secondary N) is 2. The van der Waals surface area contributed by atoms with Gasteiger partial charge in [-0.2, -0.15) is 0 Å². The molecular formula is C50H66N5O2+. The normalized spacial score (nSPS) is 12.2. The number of aryl methyl sites for hydroxylation is 2. The van der Waals surface area contributed by atoms with Crippen LogP contribution in [0.25, 0.3) is 0 Å². The number of hydrogen-bond donors (Lipinski definition) is 2. The van der Waals surface area contributed by atoms with Crippen LogP contribution in [0.2, 0.25) is 0 Å². The molecule has 2 unspecified atom stereocenters. The van der Waals surface area contributed by atoms with Crippen LogP contribution in [0.4, 0.5) is 16.2 Å². The Morgan fingerprint density at radius 1 is 0.632 bits per heavy atom. The van der Waals surface area contributed by atoms with Gasteiger partial charge in [0.15, 0.2) is 0 Å². The molecule has 0 spiro atoms. The van der Waals surface area contributed by atoms with Crippen molar-refractivity contribution >= 4 is 23.3 Å². The summed E-state index contributed by atoms with van der Waals surface area (Å²) < 4.78 is 3.63. The van der Waals surface area contributed by atoms with Crippen LogP contribution in [0.5, 0.6) is 0 Å². The third kappa shape index (κ3) is 13.2. The smallest absolute Gasteiger partial charge is 0.324 e. The number of carbonyl (C=O) groups is 2. The minimum Gasteiger partial charge on any atom is -0.324 e. The summed E-state index contributed by atoms with van der Waals surface area (Å²) >= 11 is 0. The maximum absolute atomic E-state index is 13.7. The zero-order valence-corrected chi connectivity index (χ0v) is 35.4. The van der Waals surface area contributed by atoms with E-state index in [0.29, 0.717) is 17.7 Å². The fourth-order valence-electron chi connectivity index (χ4n) is 7.82. The number of rotatable bonds is 21. The Morgan fingerprint density at radius 2 is 1.07 bits per heavy atom. The molecule has 0 aliphatic carbocycles. The lowest BCUT2D eigenvalue weighted by atomic mass is 9.96. The minimum atomic E-state index is -0.133. The predicted octanol–water partition coefficient (Wildman–Crippen LogP) is 11.1. The second kappa shape index (κ2) is 21.9. The fourth-order valence-corrected chi connectivity index (χ4v) is 7.82. The van der Waals surface area contributed by atoms with Crippen molar-refractivity contribution in [3.63, 3.8) is 0 Å². The van der Waals surface area contributed by atoms with Crippen molar-refractivity contribution in [2.45, 2.75) is 98.3 Å². The van der Waals surface area contributed by atoms with Crippen LogP contribution in [-0.4, -0.2) is 34.5 Å². The van der Waals surface area contributed by atoms with Crippen molar-refractivity contribution in [1.29, 1.82) is 0 Å². The highest BCUT2D eigenvalue weighted by Gasteiger charge is 2.23. The molecule has 0 saturated heterocycles. The van der Waals surface area contributed by atoms with E-state index in [1.54, 1.807) is 0 Å². The maximum atomic E-state index is 13.7. The Kier molecular flexibility index (Phi) is 16.5. The van der Waals surface area contributed by atoms with Gasteiger partial charge in [0.05, 0.1) is 14.1 Å². The van der Waals surface area contributed by atoms with Gasteiger partial charge in [-0.25, -0.2) is 13.9 Å². The number of aromatic nitrogens is 2. The van der Waals surface area contributed by atoms with E-state index in [9.17, 15) is 9.59 Å². The lowest BCUT2D eigenvalue weighted by Gasteiger charge is -2.31. The van der Waals surface area contributed by atoms with Crippen LogP contribution in [0.1, 0.15) is 123 Å². The molecule has 0 aliphatic rings. The van der Waals surface area contributed by atoms with E-state index in [0.717, 1.165) is 56.6 Å². The highest BCUT2D eigenvalue weighted by molar-refractivity contribution is 6.00. The molecular weight excluding hydrogens is 703 g/mol. The van der Waals surface area contributed by atoms with Crippen molar-refractivity contribution in [3.8, 4) is 0 Å². The maximum Gasteiger partial charge on any atom is 0.347 e. The topological polar surface area (TPSA) is 70.2 Å². The number of amides is 3. The SMILES string of the molecule is CCCCC(CC)CN(CC(CC)CCCC)C(=O)Nc1ccc(Cc2cccc(Cc3cccc(Cc4ccc(NC(=O)c5n(C)cc[n+]5C)cc4)c3)c2)cc1. The summed E-state index contributed by atoms with van der Waals surface area (Å²) in [6.45, 7) is 10.7. The summed E-state index contributed by atoms with van der Waals surface area (Å²) in [5, 5.41) is 6.26. The van der Waals surface area contributed by atoms with Crippen molar-refractivity contribution in [2.24, 2.45) is 25.9 Å². The van der Waals surface area contributed by atoms with Crippen molar-refractivity contribution in [2.75, 3.05) is 23.7 Å². The monoisotopic (exact) mass is 769 g/mol. The molecule has 2 N–H and O–H groups in total. The number of nitrogens with zero attached hydrogens (tertiary/aromatic N) is 3. The van der Waals surface area contributed by atoms with Crippen molar-refractivity contribution in [1.82, 2.24) is 9.47 Å². The standard InChI is InChI=1S/C50H65N5O2/c1-7-11-15-38(9-3)36-55(37-39(10-4)16-12-8-2)50(57)52-47-27-23-41(24-28-47)32-43-18-14-20-45(34-43)35-44-19-13-17-42(33-44)31-40-21-25-46(26-22-40)51-48(56)49-53(5)29-30-54(49)6/h13-14,17-30,33-34,38-39H,7-12,15-16,31-32,35-37H2,1-6H3,(H-,51,52,56,57)/p+1. The van der Waals surface area contributed by atoms with Gasteiger partial charge in [0.25, 0.3) is 0 Å². The van der Waals surface area contributed by atoms with E-state index < -0.39 is 0 Å². The summed E-state index contributed by atoms with van der Waals surface area (Å²) in [5.41, 5.74) is 9.15. The van der Waals surface area contributed by atoms with Gasteiger partial charge in [0.1, 0.15) is 12.4 Å². The van der Waals surface area contributed by atoms with E-state index in [2.05, 4.69) is 128 Å². The second-order valence-corrected chi connectivity index (χ2v) is 16.0. The number of unbranched alkanes of at least 4 members (excludes halogenated alkanes) is 2. The molecule has 0 fully saturated rings. The molecule has 3 amide bonds. The Morgan fingerprint density at radius 3 is 1.47 bits per heavy atom. The molecule has 5 rings (SSSR count). The van der Waals surface area contributed by atoms with Gasteiger partial charge in [-0.3, -0.25) is 4.79 Å². The summed E-state index contributed by atoms with van der Waals surface area (Å²) in [6, 6.07) is 34.2. The Balaban J connectivity index is 1.16. The number of carbonyl (C=O) groups excluding carboxylic acids is 2. The molecule has 5 aromatic rings. The predicted molar refractivity (Wildman–Crippen MR) is 236 cm³/mol. The molecule has 0 radical (unpaired) electrons. The van der Waals surface area contributed by atoms with E-state index >= 15 is 0 Å². The highest BCUT2D eigenvalue weighted by Crippen LogP contribution is 2.22. The van der Waals surface area contributed by atoms with Gasteiger partial charge in [-0.15, -0.1) is 0 Å². The van der Waals surface area contributed by atoms with E-state index in [4.69, 9.17) is 0 Å². The number of benzene rings is 4. The van der Waals surface area contributed by atoms with Gasteiger partial charge >= 0.3 is 17.8 Å². The van der Waals surface area contributed by atoms with E-state index in [-0.39, 0.29) is 11.9 Å². The first kappa shape index (κ1) is 43.0. The second-order valence-electron chi connectivity index (χ2n) is 16.0. The lowest BCUT2D eigenvalue weighted by Crippen LogP contribution is -2.41. The van der Waals surface area contributed by atoms with Crippen LogP contribution in [0.15, 0.2) is 109 Å². The molecule has 0 aliphatic heterocycles. The Labute approximate surface area is 342 Å². The highest BCUT2D eigenvalue weighted by atomic mass is 16.2. The van der Waals surface area contributed by atoms with Crippen LogP contribution in [0, 0.1) is 11.8 Å². The van der Waals surface area contributed by atoms with Gasteiger partial charge in [-0.1, -0.05) is 139 Å². The molecule has 2 atom stereocenters. The van der Waals surface area contributed by atoms with Gasteiger partial charge in [0, 0.05) is 24.5 Å². The number of anilines is 2. The first-order valence-electron chi connectivity index (χ1n) is 21.4. The number of urea groups is 1. The van der Waals surface area contributed by atoms with Gasteiger partial charge < -0.3 is 15.5 Å². The fraction of sp³-hybridized carbons (Fsp3) is 0.420. The lowest BCUT2D eigenvalue weighted by molar-refractivity contribution is -0.672. The molecule has 1 heterocycles. The van der Waals surface area contributed by atoms with Crippen molar-refractivity contribution in [3.05, 3.63) is 149 Å². The molecule has 302 valence electrons. The summed E-state index contributed by atoms with van der Waals surface area (Å²) in [4.78, 5) is 28.6. The van der Waals surface area contributed by atoms with Crippen LogP contribution >= 0.6 is 0 Å². The average Bonchev–Trinajstić information content (AvgIpc) is 3.56. The first-order valence-corrected chi connectivity index (χ1v) is 21.4. The van der Waals surface area contributed by atoms with Crippen molar-refractivity contribution < 1.29 is 14.2 Å². The van der Waals surface area contributed by atoms with Crippen LogP contribution in [-0.2, 0) is 33.4 Å².